The maximum atomic E-state index is 5.48. The molecule has 100 valence electrons. The van der Waals surface area contributed by atoms with Crippen molar-refractivity contribution in [3.8, 4) is 0 Å². The van der Waals surface area contributed by atoms with Gasteiger partial charge in [0.15, 0.2) is 0 Å². The predicted molar refractivity (Wildman–Crippen MR) is 71.3 cm³/mol. The lowest BCUT2D eigenvalue weighted by molar-refractivity contribution is 0.0568. The molecule has 3 atom stereocenters. The molecular formula is C14H28N2O. The van der Waals surface area contributed by atoms with Crippen LogP contribution >= 0.6 is 0 Å². The lowest BCUT2D eigenvalue weighted by atomic mass is 9.92. The number of ether oxygens (including phenoxy) is 1. The van der Waals surface area contributed by atoms with Crippen molar-refractivity contribution in [1.29, 1.82) is 0 Å². The van der Waals surface area contributed by atoms with Gasteiger partial charge in [-0.15, -0.1) is 0 Å². The second-order valence-corrected chi connectivity index (χ2v) is 5.76. The van der Waals surface area contributed by atoms with Crippen molar-refractivity contribution in [1.82, 2.24) is 10.2 Å². The van der Waals surface area contributed by atoms with E-state index in [9.17, 15) is 0 Å². The van der Waals surface area contributed by atoms with Gasteiger partial charge in [-0.1, -0.05) is 6.42 Å². The van der Waals surface area contributed by atoms with Crippen LogP contribution in [0.15, 0.2) is 0 Å². The molecule has 0 aromatic carbocycles. The maximum Gasteiger partial charge on any atom is 0.0586 e. The smallest absolute Gasteiger partial charge is 0.0586 e. The Labute approximate surface area is 106 Å². The van der Waals surface area contributed by atoms with Crippen molar-refractivity contribution >= 4 is 0 Å². The molecule has 0 amide bonds. The molecule has 1 aliphatic heterocycles. The fraction of sp³-hybridized carbons (Fsp3) is 1.00. The summed E-state index contributed by atoms with van der Waals surface area (Å²) >= 11 is 0. The topological polar surface area (TPSA) is 24.5 Å². The molecule has 0 radical (unpaired) electrons. The number of methoxy groups -OCH3 is 1. The van der Waals surface area contributed by atoms with Crippen LogP contribution in [0, 0.1) is 0 Å². The molecule has 1 heterocycles. The summed E-state index contributed by atoms with van der Waals surface area (Å²) in [5.74, 6) is 0. The number of likely N-dealkylation sites (tertiary alicyclic amines) is 1. The first-order chi connectivity index (χ1) is 8.29. The standard InChI is InChI=1S/C14H28N2O/c1-16-9-4-3-7-13(16)11-15-12-6-5-8-14(10-12)17-2/h12-15H,3-11H2,1-2H3. The molecule has 1 aliphatic carbocycles. The summed E-state index contributed by atoms with van der Waals surface area (Å²) in [5.41, 5.74) is 0. The van der Waals surface area contributed by atoms with Gasteiger partial charge in [-0.25, -0.2) is 0 Å². The highest BCUT2D eigenvalue weighted by atomic mass is 16.5. The van der Waals surface area contributed by atoms with Gasteiger partial charge in [-0.3, -0.25) is 0 Å². The third kappa shape index (κ3) is 3.94. The summed E-state index contributed by atoms with van der Waals surface area (Å²) in [6, 6.07) is 1.44. The van der Waals surface area contributed by atoms with E-state index in [0.29, 0.717) is 12.1 Å². The molecule has 1 N–H and O–H groups in total. The molecular weight excluding hydrogens is 212 g/mol. The van der Waals surface area contributed by atoms with Crippen molar-refractivity contribution in [2.45, 2.75) is 63.1 Å². The van der Waals surface area contributed by atoms with Gasteiger partial charge in [-0.05, 0) is 52.1 Å². The molecule has 0 bridgehead atoms. The molecule has 2 rings (SSSR count). The Morgan fingerprint density at radius 2 is 2.06 bits per heavy atom. The number of nitrogens with zero attached hydrogens (tertiary/aromatic N) is 1. The normalized spacial score (nSPS) is 36.0. The number of rotatable bonds is 4. The number of likely N-dealkylation sites (N-methyl/N-ethyl adjacent to an activating group) is 1. The van der Waals surface area contributed by atoms with E-state index in [1.807, 2.05) is 7.11 Å². The van der Waals surface area contributed by atoms with Gasteiger partial charge >= 0.3 is 0 Å². The Morgan fingerprint density at radius 3 is 2.82 bits per heavy atom. The monoisotopic (exact) mass is 240 g/mol. The van der Waals surface area contributed by atoms with Gasteiger partial charge in [0.2, 0.25) is 0 Å². The van der Waals surface area contributed by atoms with Gasteiger partial charge in [0.1, 0.15) is 0 Å². The van der Waals surface area contributed by atoms with E-state index >= 15 is 0 Å². The second-order valence-electron chi connectivity index (χ2n) is 5.76. The van der Waals surface area contributed by atoms with Crippen LogP contribution in [-0.2, 0) is 4.74 Å². The predicted octanol–water partition coefficient (Wildman–Crippen LogP) is 2.02. The first kappa shape index (κ1) is 13.3. The molecule has 2 aliphatic rings. The molecule has 2 fully saturated rings. The summed E-state index contributed by atoms with van der Waals surface area (Å²) in [5, 5.41) is 3.76. The first-order valence-corrected chi connectivity index (χ1v) is 7.26. The van der Waals surface area contributed by atoms with E-state index in [2.05, 4.69) is 17.3 Å². The van der Waals surface area contributed by atoms with Gasteiger partial charge < -0.3 is 15.0 Å². The number of hydrogen-bond donors (Lipinski definition) is 1. The highest BCUT2D eigenvalue weighted by molar-refractivity contribution is 4.82. The van der Waals surface area contributed by atoms with E-state index in [0.717, 1.165) is 12.6 Å². The Kier molecular flexibility index (Phi) is 5.26. The van der Waals surface area contributed by atoms with Crippen LogP contribution in [0.4, 0.5) is 0 Å². The Balaban J connectivity index is 1.69. The van der Waals surface area contributed by atoms with Gasteiger partial charge in [0.25, 0.3) is 0 Å². The third-order valence-corrected chi connectivity index (χ3v) is 4.52. The minimum Gasteiger partial charge on any atom is -0.381 e. The quantitative estimate of drug-likeness (QED) is 0.813. The largest absolute Gasteiger partial charge is 0.381 e. The molecule has 0 aromatic heterocycles. The lowest BCUT2D eigenvalue weighted by Crippen LogP contribution is -2.47. The van der Waals surface area contributed by atoms with Crippen molar-refractivity contribution < 1.29 is 4.74 Å². The fourth-order valence-corrected chi connectivity index (χ4v) is 3.25. The molecule has 3 unspecified atom stereocenters. The fourth-order valence-electron chi connectivity index (χ4n) is 3.25. The summed E-state index contributed by atoms with van der Waals surface area (Å²) in [7, 11) is 4.12. The number of piperidine rings is 1. The highest BCUT2D eigenvalue weighted by Gasteiger charge is 2.24. The number of nitrogens with one attached hydrogen (secondary N) is 1. The van der Waals surface area contributed by atoms with Crippen LogP contribution in [0.2, 0.25) is 0 Å². The van der Waals surface area contributed by atoms with E-state index < -0.39 is 0 Å². The first-order valence-electron chi connectivity index (χ1n) is 7.26. The zero-order valence-electron chi connectivity index (χ0n) is 11.5. The van der Waals surface area contributed by atoms with Crippen molar-refractivity contribution in [2.75, 3.05) is 27.2 Å². The van der Waals surface area contributed by atoms with Crippen molar-refractivity contribution in [3.63, 3.8) is 0 Å². The molecule has 0 aromatic rings. The second kappa shape index (κ2) is 6.72. The van der Waals surface area contributed by atoms with Crippen molar-refractivity contribution in [2.24, 2.45) is 0 Å². The van der Waals surface area contributed by atoms with Gasteiger partial charge in [0.05, 0.1) is 6.10 Å². The summed E-state index contributed by atoms with van der Waals surface area (Å²) < 4.78 is 5.48. The van der Waals surface area contributed by atoms with Crippen LogP contribution in [0.3, 0.4) is 0 Å². The van der Waals surface area contributed by atoms with E-state index in [1.54, 1.807) is 0 Å². The van der Waals surface area contributed by atoms with E-state index in [4.69, 9.17) is 4.74 Å². The summed E-state index contributed by atoms with van der Waals surface area (Å²) in [6.07, 6.45) is 9.73. The average Bonchev–Trinajstić information content (AvgIpc) is 2.38. The maximum absolute atomic E-state index is 5.48. The SMILES string of the molecule is COC1CCCC(NCC2CCCCN2C)C1. The molecule has 1 saturated heterocycles. The van der Waals surface area contributed by atoms with Gasteiger partial charge in [-0.2, -0.15) is 0 Å². The Bertz CT molecular complexity index is 222. The van der Waals surface area contributed by atoms with Crippen molar-refractivity contribution in [3.05, 3.63) is 0 Å². The van der Waals surface area contributed by atoms with Crippen LogP contribution in [0.1, 0.15) is 44.9 Å². The van der Waals surface area contributed by atoms with Gasteiger partial charge in [0, 0.05) is 25.7 Å². The summed E-state index contributed by atoms with van der Waals surface area (Å²) in [6.45, 7) is 2.44. The van der Waals surface area contributed by atoms with Crippen LogP contribution in [-0.4, -0.2) is 50.3 Å². The molecule has 3 heteroatoms. The molecule has 0 spiro atoms. The summed E-state index contributed by atoms with van der Waals surface area (Å²) in [4.78, 5) is 2.52. The Hall–Kier alpha value is -0.120. The van der Waals surface area contributed by atoms with Crippen LogP contribution in [0.5, 0.6) is 0 Å². The lowest BCUT2D eigenvalue weighted by Gasteiger charge is -2.35. The van der Waals surface area contributed by atoms with Crippen LogP contribution in [0.25, 0.3) is 0 Å². The number of hydrogen-bond acceptors (Lipinski definition) is 3. The highest BCUT2D eigenvalue weighted by Crippen LogP contribution is 2.21. The molecule has 3 nitrogen and oxygen atoms in total. The zero-order valence-corrected chi connectivity index (χ0v) is 11.5. The zero-order chi connectivity index (χ0) is 12.1. The minimum absolute atomic E-state index is 0.491. The van der Waals surface area contributed by atoms with E-state index in [-0.39, 0.29) is 0 Å². The molecule has 1 saturated carbocycles. The Morgan fingerprint density at radius 1 is 1.18 bits per heavy atom. The average molecular weight is 240 g/mol. The van der Waals surface area contributed by atoms with E-state index in [1.165, 1.54) is 51.5 Å². The van der Waals surface area contributed by atoms with Crippen LogP contribution < -0.4 is 5.32 Å². The third-order valence-electron chi connectivity index (χ3n) is 4.52. The minimum atomic E-state index is 0.491. The molecule has 17 heavy (non-hydrogen) atoms.